The first-order valence-corrected chi connectivity index (χ1v) is 5.66. The van der Waals surface area contributed by atoms with Crippen molar-refractivity contribution >= 4 is 11.2 Å². The van der Waals surface area contributed by atoms with Crippen LogP contribution in [0.2, 0.25) is 0 Å². The molecule has 0 amide bonds. The molecule has 1 aliphatic heterocycles. The Kier molecular flexibility index (Phi) is 2.70. The molecule has 0 spiro atoms. The Morgan fingerprint density at radius 1 is 1.53 bits per heavy atom. The van der Waals surface area contributed by atoms with Gasteiger partial charge in [0.1, 0.15) is 12.2 Å². The van der Waals surface area contributed by atoms with Crippen LogP contribution in [-0.4, -0.2) is 48.5 Å². The number of H-pyrrole nitrogens is 1. The van der Waals surface area contributed by atoms with Gasteiger partial charge in [-0.25, -0.2) is 9.97 Å². The first kappa shape index (κ1) is 12.0. The molecular weight excluding hydrogens is 252 g/mol. The number of nitrogens with one attached hydrogen (secondary N) is 1. The number of aromatic amines is 1. The molecule has 2 aromatic heterocycles. The molecule has 0 radical (unpaired) electrons. The molecule has 0 saturated carbocycles. The Hall–Kier alpha value is -2.03. The Bertz CT molecular complexity index is 691. The van der Waals surface area contributed by atoms with Gasteiger partial charge in [0.05, 0.1) is 19.3 Å². The summed E-state index contributed by atoms with van der Waals surface area (Å²) < 4.78 is 6.95. The van der Waals surface area contributed by atoms with Crippen LogP contribution in [0, 0.1) is 0 Å². The summed E-state index contributed by atoms with van der Waals surface area (Å²) >= 11 is 0. The van der Waals surface area contributed by atoms with Gasteiger partial charge in [-0.3, -0.25) is 9.36 Å². The first-order chi connectivity index (χ1) is 9.13. The molecular formula is C11H12N4O4. The summed E-state index contributed by atoms with van der Waals surface area (Å²) in [6.45, 7) is 3.42. The van der Waals surface area contributed by atoms with Crippen LogP contribution in [0.5, 0.6) is 0 Å². The van der Waals surface area contributed by atoms with Crippen LogP contribution in [0.15, 0.2) is 29.6 Å². The van der Waals surface area contributed by atoms with E-state index in [2.05, 4.69) is 21.5 Å². The number of rotatable bonds is 2. The van der Waals surface area contributed by atoms with E-state index in [4.69, 9.17) is 9.84 Å². The predicted molar refractivity (Wildman–Crippen MR) is 64.3 cm³/mol. The SMILES string of the molecule is C=C1[C@@H](O)[C@H](n2cnc3c(=O)[nH]cnc32)O[C@@H]1CO. The largest absolute Gasteiger partial charge is 0.393 e. The molecule has 1 fully saturated rings. The molecule has 1 saturated heterocycles. The van der Waals surface area contributed by atoms with E-state index < -0.39 is 18.4 Å². The van der Waals surface area contributed by atoms with Gasteiger partial charge in [-0.1, -0.05) is 6.58 Å². The van der Waals surface area contributed by atoms with Crippen LogP contribution < -0.4 is 5.56 Å². The summed E-state index contributed by atoms with van der Waals surface area (Å²) in [6.07, 6.45) is 0.190. The van der Waals surface area contributed by atoms with Crippen molar-refractivity contribution in [2.75, 3.05) is 6.61 Å². The van der Waals surface area contributed by atoms with E-state index in [1.165, 1.54) is 17.2 Å². The summed E-state index contributed by atoms with van der Waals surface area (Å²) in [5.74, 6) is 0. The fourth-order valence-corrected chi connectivity index (χ4v) is 2.13. The van der Waals surface area contributed by atoms with Crippen molar-refractivity contribution in [2.45, 2.75) is 18.4 Å². The second-order valence-electron chi connectivity index (χ2n) is 4.27. The van der Waals surface area contributed by atoms with Gasteiger partial charge in [0, 0.05) is 0 Å². The first-order valence-electron chi connectivity index (χ1n) is 5.66. The van der Waals surface area contributed by atoms with Gasteiger partial charge in [-0.05, 0) is 5.57 Å². The van der Waals surface area contributed by atoms with Crippen molar-refractivity contribution in [1.29, 1.82) is 0 Å². The van der Waals surface area contributed by atoms with E-state index in [0.717, 1.165) is 0 Å². The van der Waals surface area contributed by atoms with Gasteiger partial charge < -0.3 is 19.9 Å². The van der Waals surface area contributed by atoms with E-state index in [1.807, 2.05) is 0 Å². The summed E-state index contributed by atoms with van der Waals surface area (Å²) in [5, 5.41) is 19.2. The topological polar surface area (TPSA) is 113 Å². The number of aliphatic hydroxyl groups is 2. The van der Waals surface area contributed by atoms with Crippen LogP contribution in [0.4, 0.5) is 0 Å². The average molecular weight is 264 g/mol. The lowest BCUT2D eigenvalue weighted by Gasteiger charge is -2.15. The van der Waals surface area contributed by atoms with Crippen LogP contribution in [0.3, 0.4) is 0 Å². The number of hydrogen-bond donors (Lipinski definition) is 3. The zero-order valence-corrected chi connectivity index (χ0v) is 9.85. The third-order valence-corrected chi connectivity index (χ3v) is 3.17. The molecule has 19 heavy (non-hydrogen) atoms. The maximum Gasteiger partial charge on any atom is 0.278 e. The van der Waals surface area contributed by atoms with Crippen LogP contribution in [-0.2, 0) is 4.74 Å². The van der Waals surface area contributed by atoms with Crippen LogP contribution in [0.25, 0.3) is 11.2 Å². The highest BCUT2D eigenvalue weighted by Crippen LogP contribution is 2.33. The number of nitrogens with zero attached hydrogens (tertiary/aromatic N) is 3. The minimum Gasteiger partial charge on any atom is -0.393 e. The van der Waals surface area contributed by atoms with E-state index in [0.29, 0.717) is 11.2 Å². The summed E-state index contributed by atoms with van der Waals surface area (Å²) in [5.41, 5.74) is 0.489. The summed E-state index contributed by atoms with van der Waals surface area (Å²) in [4.78, 5) is 21.9. The van der Waals surface area contributed by atoms with Gasteiger partial charge in [0.2, 0.25) is 0 Å². The van der Waals surface area contributed by atoms with Crippen molar-refractivity contribution < 1.29 is 14.9 Å². The van der Waals surface area contributed by atoms with Crippen molar-refractivity contribution in [1.82, 2.24) is 19.5 Å². The van der Waals surface area contributed by atoms with Crippen molar-refractivity contribution in [3.63, 3.8) is 0 Å². The number of hydrogen-bond acceptors (Lipinski definition) is 6. The number of fused-ring (bicyclic) bond motifs is 1. The summed E-state index contributed by atoms with van der Waals surface area (Å²) in [6, 6.07) is 0. The normalized spacial score (nSPS) is 27.3. The minimum absolute atomic E-state index is 0.163. The second kappa shape index (κ2) is 4.26. The molecule has 3 atom stereocenters. The van der Waals surface area contributed by atoms with Gasteiger partial charge in [0.15, 0.2) is 17.4 Å². The lowest BCUT2D eigenvalue weighted by atomic mass is 10.1. The molecule has 2 aromatic rings. The molecule has 8 heteroatoms. The Balaban J connectivity index is 2.08. The number of imidazole rings is 1. The lowest BCUT2D eigenvalue weighted by molar-refractivity contribution is -0.0483. The Morgan fingerprint density at radius 3 is 3.00 bits per heavy atom. The maximum absolute atomic E-state index is 11.5. The highest BCUT2D eigenvalue weighted by atomic mass is 16.5. The third-order valence-electron chi connectivity index (χ3n) is 3.17. The molecule has 0 aliphatic carbocycles. The monoisotopic (exact) mass is 264 g/mol. The summed E-state index contributed by atoms with van der Waals surface area (Å²) in [7, 11) is 0. The van der Waals surface area contributed by atoms with Crippen molar-refractivity contribution in [2.24, 2.45) is 0 Å². The smallest absolute Gasteiger partial charge is 0.278 e. The van der Waals surface area contributed by atoms with Crippen LogP contribution in [0.1, 0.15) is 6.23 Å². The molecule has 3 heterocycles. The van der Waals surface area contributed by atoms with E-state index in [-0.39, 0.29) is 17.7 Å². The molecule has 100 valence electrons. The van der Waals surface area contributed by atoms with Crippen molar-refractivity contribution in [3.05, 3.63) is 35.2 Å². The second-order valence-corrected chi connectivity index (χ2v) is 4.27. The average Bonchev–Trinajstić information content (AvgIpc) is 2.94. The molecule has 0 aromatic carbocycles. The van der Waals surface area contributed by atoms with Gasteiger partial charge in [-0.15, -0.1) is 0 Å². The Labute approximate surface area is 107 Å². The highest BCUT2D eigenvalue weighted by Gasteiger charge is 2.39. The maximum atomic E-state index is 11.5. The molecule has 3 rings (SSSR count). The third kappa shape index (κ3) is 1.69. The molecule has 0 bridgehead atoms. The molecule has 8 nitrogen and oxygen atoms in total. The fourth-order valence-electron chi connectivity index (χ4n) is 2.13. The van der Waals surface area contributed by atoms with Gasteiger partial charge in [-0.2, -0.15) is 0 Å². The Morgan fingerprint density at radius 2 is 2.32 bits per heavy atom. The van der Waals surface area contributed by atoms with E-state index in [1.54, 1.807) is 0 Å². The number of aromatic nitrogens is 4. The molecule has 0 unspecified atom stereocenters. The standard InChI is InChI=1S/C11H12N4O4/c1-5-6(2-16)19-11(8(5)17)15-4-14-7-9(15)12-3-13-10(7)18/h3-4,6,8,11,16-17H,1-2H2,(H,12,13,18)/t6-,8-,11-/m1/s1. The zero-order valence-electron chi connectivity index (χ0n) is 9.85. The fraction of sp³-hybridized carbons (Fsp3) is 0.364. The lowest BCUT2D eigenvalue weighted by Crippen LogP contribution is -2.20. The highest BCUT2D eigenvalue weighted by molar-refractivity contribution is 5.68. The van der Waals surface area contributed by atoms with Crippen molar-refractivity contribution in [3.8, 4) is 0 Å². The van der Waals surface area contributed by atoms with E-state index in [9.17, 15) is 9.90 Å². The molecule has 3 N–H and O–H groups in total. The van der Waals surface area contributed by atoms with Gasteiger partial charge in [0.25, 0.3) is 5.56 Å². The predicted octanol–water partition coefficient (Wildman–Crippen LogP) is -1.07. The molecule has 1 aliphatic rings. The quantitative estimate of drug-likeness (QED) is 0.595. The number of ether oxygens (including phenoxy) is 1. The number of aliphatic hydroxyl groups excluding tert-OH is 2. The van der Waals surface area contributed by atoms with Crippen LogP contribution >= 0.6 is 0 Å². The van der Waals surface area contributed by atoms with E-state index >= 15 is 0 Å². The zero-order chi connectivity index (χ0) is 13.6. The minimum atomic E-state index is -0.990. The van der Waals surface area contributed by atoms with Gasteiger partial charge >= 0.3 is 0 Å².